The van der Waals surface area contributed by atoms with E-state index in [2.05, 4.69) is 21.5 Å². The van der Waals surface area contributed by atoms with Gasteiger partial charge in [-0.25, -0.2) is 4.68 Å². The molecule has 1 atom stereocenters. The molecule has 0 unspecified atom stereocenters. The Hall–Kier alpha value is -4.64. The Morgan fingerprint density at radius 3 is 2.41 bits per heavy atom. The number of alkyl halides is 3. The lowest BCUT2D eigenvalue weighted by molar-refractivity contribution is -0.137. The van der Waals surface area contributed by atoms with E-state index in [4.69, 9.17) is 5.26 Å². The number of carbonyl (C=O) groups excluding carboxylic acids is 1. The van der Waals surface area contributed by atoms with Crippen LogP contribution in [-0.2, 0) is 11.0 Å². The lowest BCUT2D eigenvalue weighted by Crippen LogP contribution is -2.31. The van der Waals surface area contributed by atoms with Crippen LogP contribution in [0.25, 0.3) is 0 Å². The lowest BCUT2D eigenvalue weighted by Gasteiger charge is -2.33. The first-order valence-electron chi connectivity index (χ1n) is 9.96. The molecule has 170 valence electrons. The van der Waals surface area contributed by atoms with E-state index >= 15 is 0 Å². The first-order valence-corrected chi connectivity index (χ1v) is 9.96. The zero-order chi connectivity index (χ0) is 24.6. The van der Waals surface area contributed by atoms with Crippen molar-refractivity contribution < 1.29 is 18.0 Å². The van der Waals surface area contributed by atoms with Crippen molar-refractivity contribution in [3.63, 3.8) is 0 Å². The van der Waals surface area contributed by atoms with Gasteiger partial charge in [0.05, 0.1) is 22.9 Å². The van der Waals surface area contributed by atoms with Crippen molar-refractivity contribution in [1.29, 1.82) is 10.5 Å². The van der Waals surface area contributed by atoms with Gasteiger partial charge in [-0.2, -0.15) is 28.7 Å². The standard InChI is InChI=1S/C23H16F3N7O/c1-13-19(12-28)32(18-5-3-4-17(10-18)23(24,25)26)22-30-21(29-14(2)34)31-33(22)20(13)16-8-6-15(11-27)7-9-16/h3-10,20H,1-2H3,(H,29,31,34)/t20-/m0/s1. The topological polar surface area (TPSA) is 111 Å². The van der Waals surface area contributed by atoms with Gasteiger partial charge >= 0.3 is 6.18 Å². The summed E-state index contributed by atoms with van der Waals surface area (Å²) in [6.07, 6.45) is -4.59. The third kappa shape index (κ3) is 3.95. The Bertz CT molecular complexity index is 1390. The normalized spacial score (nSPS) is 15.4. The van der Waals surface area contributed by atoms with E-state index in [1.807, 2.05) is 6.07 Å². The SMILES string of the molecule is CC(=O)Nc1nc2n(n1)[C@H](c1ccc(C#N)cc1)C(C)=C(C#N)N2c1cccc(C(F)(F)F)c1. The quantitative estimate of drug-likeness (QED) is 0.605. The largest absolute Gasteiger partial charge is 0.416 e. The van der Waals surface area contributed by atoms with Crippen LogP contribution in [0.3, 0.4) is 0 Å². The molecule has 0 saturated heterocycles. The van der Waals surface area contributed by atoms with E-state index in [-0.39, 0.29) is 23.3 Å². The van der Waals surface area contributed by atoms with Crippen LogP contribution in [-0.4, -0.2) is 20.7 Å². The molecule has 34 heavy (non-hydrogen) atoms. The molecule has 2 aromatic carbocycles. The van der Waals surface area contributed by atoms with E-state index in [0.717, 1.165) is 12.1 Å². The number of nitrogens with zero attached hydrogens (tertiary/aromatic N) is 6. The molecule has 2 heterocycles. The second kappa shape index (κ2) is 8.37. The van der Waals surface area contributed by atoms with Gasteiger partial charge in [0.1, 0.15) is 17.8 Å². The van der Waals surface area contributed by atoms with Crippen LogP contribution in [0.2, 0.25) is 0 Å². The first-order chi connectivity index (χ1) is 16.1. The Balaban J connectivity index is 1.95. The molecule has 0 saturated carbocycles. The molecule has 0 aliphatic carbocycles. The third-order valence-corrected chi connectivity index (χ3v) is 5.25. The van der Waals surface area contributed by atoms with E-state index < -0.39 is 23.7 Å². The van der Waals surface area contributed by atoms with Gasteiger partial charge in [-0.05, 0) is 48.4 Å². The molecule has 1 aliphatic rings. The van der Waals surface area contributed by atoms with Gasteiger partial charge in [0, 0.05) is 6.92 Å². The zero-order valence-electron chi connectivity index (χ0n) is 17.9. The van der Waals surface area contributed by atoms with E-state index in [9.17, 15) is 23.2 Å². The molecule has 8 nitrogen and oxygen atoms in total. The van der Waals surface area contributed by atoms with Crippen LogP contribution in [0.15, 0.2) is 59.8 Å². The number of hydrogen-bond donors (Lipinski definition) is 1. The summed E-state index contributed by atoms with van der Waals surface area (Å²) in [6.45, 7) is 2.94. The molecule has 0 spiro atoms. The highest BCUT2D eigenvalue weighted by Crippen LogP contribution is 2.43. The predicted molar refractivity (Wildman–Crippen MR) is 116 cm³/mol. The fraction of sp³-hybridized carbons (Fsp3) is 0.174. The minimum absolute atomic E-state index is 0.0552. The molecule has 0 radical (unpaired) electrons. The molecule has 3 aromatic rings. The summed E-state index contributed by atoms with van der Waals surface area (Å²) in [7, 11) is 0. The molecule has 11 heteroatoms. The van der Waals surface area contributed by atoms with Gasteiger partial charge in [-0.15, -0.1) is 5.10 Å². The van der Waals surface area contributed by atoms with Gasteiger partial charge in [-0.1, -0.05) is 18.2 Å². The average Bonchev–Trinajstić information content (AvgIpc) is 3.19. The third-order valence-electron chi connectivity index (χ3n) is 5.25. The maximum atomic E-state index is 13.4. The average molecular weight is 463 g/mol. The molecule has 4 rings (SSSR count). The van der Waals surface area contributed by atoms with Crippen molar-refractivity contribution in [3.05, 3.63) is 76.5 Å². The number of hydrogen-bond acceptors (Lipinski definition) is 6. The number of nitrogens with one attached hydrogen (secondary N) is 1. The molecule has 1 aliphatic heterocycles. The van der Waals surface area contributed by atoms with Gasteiger partial charge < -0.3 is 0 Å². The summed E-state index contributed by atoms with van der Waals surface area (Å²) in [4.78, 5) is 17.2. The Kier molecular flexibility index (Phi) is 5.55. The molecule has 1 N–H and O–H groups in total. The van der Waals surface area contributed by atoms with Crippen LogP contribution in [0, 0.1) is 22.7 Å². The second-order valence-corrected chi connectivity index (χ2v) is 7.52. The predicted octanol–water partition coefficient (Wildman–Crippen LogP) is 4.67. The van der Waals surface area contributed by atoms with Crippen LogP contribution in [0.4, 0.5) is 30.8 Å². The first kappa shape index (κ1) is 22.6. The Labute approximate surface area is 192 Å². The fourth-order valence-electron chi connectivity index (χ4n) is 3.78. The fourth-order valence-corrected chi connectivity index (χ4v) is 3.78. The number of nitriles is 2. The van der Waals surface area contributed by atoms with Crippen molar-refractivity contribution in [3.8, 4) is 12.1 Å². The van der Waals surface area contributed by atoms with Gasteiger partial charge in [0.15, 0.2) is 0 Å². The Morgan fingerprint density at radius 2 is 1.82 bits per heavy atom. The Morgan fingerprint density at radius 1 is 1.12 bits per heavy atom. The van der Waals surface area contributed by atoms with E-state index in [0.29, 0.717) is 16.7 Å². The number of rotatable bonds is 3. The van der Waals surface area contributed by atoms with Crippen LogP contribution < -0.4 is 10.2 Å². The number of halogens is 3. The van der Waals surface area contributed by atoms with Crippen molar-refractivity contribution in [2.45, 2.75) is 26.1 Å². The number of anilines is 3. The molecule has 1 aromatic heterocycles. The van der Waals surface area contributed by atoms with Gasteiger partial charge in [0.25, 0.3) is 5.95 Å². The highest BCUT2D eigenvalue weighted by Gasteiger charge is 2.37. The number of fused-ring (bicyclic) bond motifs is 1. The van der Waals surface area contributed by atoms with Gasteiger partial charge in [0.2, 0.25) is 11.9 Å². The summed E-state index contributed by atoms with van der Waals surface area (Å²) in [5, 5.41) is 25.9. The van der Waals surface area contributed by atoms with Crippen LogP contribution in [0.5, 0.6) is 0 Å². The van der Waals surface area contributed by atoms with Crippen molar-refractivity contribution in [2.24, 2.45) is 0 Å². The molecule has 1 amide bonds. The summed E-state index contributed by atoms with van der Waals surface area (Å²) in [6, 6.07) is 14.6. The monoisotopic (exact) mass is 463 g/mol. The van der Waals surface area contributed by atoms with E-state index in [1.165, 1.54) is 28.6 Å². The summed E-state index contributed by atoms with van der Waals surface area (Å²) >= 11 is 0. The number of aromatic nitrogens is 3. The second-order valence-electron chi connectivity index (χ2n) is 7.52. The number of amides is 1. The maximum Gasteiger partial charge on any atom is 0.416 e. The highest BCUT2D eigenvalue weighted by atomic mass is 19.4. The number of benzene rings is 2. The maximum absolute atomic E-state index is 13.4. The minimum atomic E-state index is -4.59. The van der Waals surface area contributed by atoms with Crippen molar-refractivity contribution in [1.82, 2.24) is 14.8 Å². The van der Waals surface area contributed by atoms with Gasteiger partial charge in [-0.3, -0.25) is 15.0 Å². The summed E-state index contributed by atoms with van der Waals surface area (Å²) < 4.78 is 41.6. The van der Waals surface area contributed by atoms with Crippen molar-refractivity contribution in [2.75, 3.05) is 10.2 Å². The molecular weight excluding hydrogens is 447 g/mol. The number of carbonyl (C=O) groups is 1. The highest BCUT2D eigenvalue weighted by molar-refractivity contribution is 5.87. The minimum Gasteiger partial charge on any atom is -0.293 e. The zero-order valence-corrected chi connectivity index (χ0v) is 17.9. The molecule has 0 fully saturated rings. The van der Waals surface area contributed by atoms with Crippen molar-refractivity contribution >= 4 is 23.5 Å². The lowest BCUT2D eigenvalue weighted by atomic mass is 9.95. The van der Waals surface area contributed by atoms with Crippen LogP contribution >= 0.6 is 0 Å². The van der Waals surface area contributed by atoms with E-state index in [1.54, 1.807) is 31.2 Å². The number of allylic oxidation sites excluding steroid dienone is 2. The molecule has 0 bridgehead atoms. The smallest absolute Gasteiger partial charge is 0.293 e. The summed E-state index contributed by atoms with van der Waals surface area (Å²) in [5.74, 6) is -0.446. The molecular formula is C23H16F3N7O. The summed E-state index contributed by atoms with van der Waals surface area (Å²) in [5.41, 5.74) is 0.854. The van der Waals surface area contributed by atoms with Crippen LogP contribution in [0.1, 0.15) is 36.6 Å².